The van der Waals surface area contributed by atoms with Gasteiger partial charge in [0.15, 0.2) is 5.76 Å². The van der Waals surface area contributed by atoms with E-state index < -0.39 is 5.41 Å². The van der Waals surface area contributed by atoms with Crippen molar-refractivity contribution >= 4 is 23.3 Å². The number of aromatic nitrogens is 1. The van der Waals surface area contributed by atoms with Crippen LogP contribution >= 0.6 is 11.3 Å². The lowest BCUT2D eigenvalue weighted by Crippen LogP contribution is -2.51. The molecule has 6 heteroatoms. The molecule has 0 spiro atoms. The Kier molecular flexibility index (Phi) is 5.27. The highest BCUT2D eigenvalue weighted by Crippen LogP contribution is 2.50. The average molecular weight is 420 g/mol. The van der Waals surface area contributed by atoms with Crippen molar-refractivity contribution in [3.63, 3.8) is 0 Å². The number of benzene rings is 1. The summed E-state index contributed by atoms with van der Waals surface area (Å²) >= 11 is 1.62. The predicted molar refractivity (Wildman–Crippen MR) is 119 cm³/mol. The molecule has 3 heterocycles. The first-order valence-electron chi connectivity index (χ1n) is 10.5. The van der Waals surface area contributed by atoms with E-state index in [-0.39, 0.29) is 5.91 Å². The molecular weight excluding hydrogens is 394 g/mol. The number of hydrogen-bond acceptors (Lipinski definition) is 5. The van der Waals surface area contributed by atoms with Crippen LogP contribution < -0.4 is 0 Å². The second kappa shape index (κ2) is 8.20. The van der Waals surface area contributed by atoms with Gasteiger partial charge in [-0.3, -0.25) is 9.69 Å². The molecule has 2 aliphatic rings. The summed E-state index contributed by atoms with van der Waals surface area (Å²) in [5, 5.41) is 6.29. The standard InChI is InChI=1S/C24H25N3O2S/c28-23(24(10-11-24)22-18-20(29-25-22)21-9-5-17-30-21)27-15-13-26(14-16-27)12-4-8-19-6-2-1-3-7-19/h1-9,17-18H,10-16H2/b8-4+. The summed E-state index contributed by atoms with van der Waals surface area (Å²) in [7, 11) is 0. The summed E-state index contributed by atoms with van der Waals surface area (Å²) < 4.78 is 5.54. The zero-order valence-electron chi connectivity index (χ0n) is 16.9. The Morgan fingerprint density at radius 2 is 1.90 bits per heavy atom. The van der Waals surface area contributed by atoms with Crippen LogP contribution in [0.5, 0.6) is 0 Å². The maximum absolute atomic E-state index is 13.3. The van der Waals surface area contributed by atoms with Crippen LogP contribution in [0.2, 0.25) is 0 Å². The molecule has 1 saturated heterocycles. The molecule has 1 saturated carbocycles. The summed E-state index contributed by atoms with van der Waals surface area (Å²) in [6, 6.07) is 16.3. The van der Waals surface area contributed by atoms with Gasteiger partial charge in [-0.25, -0.2) is 0 Å². The Morgan fingerprint density at radius 1 is 1.10 bits per heavy atom. The molecule has 1 amide bonds. The molecule has 0 atom stereocenters. The fraction of sp³-hybridized carbons (Fsp3) is 0.333. The van der Waals surface area contributed by atoms with Gasteiger partial charge in [0.2, 0.25) is 5.91 Å². The van der Waals surface area contributed by atoms with Crippen molar-refractivity contribution in [1.29, 1.82) is 0 Å². The third-order valence-corrected chi connectivity index (χ3v) is 6.94. The van der Waals surface area contributed by atoms with Gasteiger partial charge in [-0.2, -0.15) is 0 Å². The molecule has 30 heavy (non-hydrogen) atoms. The summed E-state index contributed by atoms with van der Waals surface area (Å²) in [6.45, 7) is 4.26. The van der Waals surface area contributed by atoms with Gasteiger partial charge in [0.05, 0.1) is 16.0 Å². The Hall–Kier alpha value is -2.70. The number of amides is 1. The zero-order chi connectivity index (χ0) is 20.4. The molecule has 3 aromatic rings. The van der Waals surface area contributed by atoms with Gasteiger partial charge in [-0.15, -0.1) is 11.3 Å². The Morgan fingerprint density at radius 3 is 2.60 bits per heavy atom. The minimum Gasteiger partial charge on any atom is -0.355 e. The number of hydrogen-bond donors (Lipinski definition) is 0. The van der Waals surface area contributed by atoms with E-state index in [1.54, 1.807) is 11.3 Å². The lowest BCUT2D eigenvalue weighted by Gasteiger charge is -2.35. The van der Waals surface area contributed by atoms with Gasteiger partial charge in [0.25, 0.3) is 0 Å². The summed E-state index contributed by atoms with van der Waals surface area (Å²) in [6.07, 6.45) is 6.09. The molecule has 5 nitrogen and oxygen atoms in total. The highest BCUT2D eigenvalue weighted by molar-refractivity contribution is 7.13. The number of thiophene rings is 1. The Labute approximate surface area is 180 Å². The van der Waals surface area contributed by atoms with E-state index in [4.69, 9.17) is 4.52 Å². The van der Waals surface area contributed by atoms with E-state index in [9.17, 15) is 4.79 Å². The smallest absolute Gasteiger partial charge is 0.235 e. The molecular formula is C24H25N3O2S. The van der Waals surface area contributed by atoms with Gasteiger partial charge < -0.3 is 9.42 Å². The van der Waals surface area contributed by atoms with Crippen molar-refractivity contribution in [3.8, 4) is 10.6 Å². The van der Waals surface area contributed by atoms with Crippen LogP contribution in [0.1, 0.15) is 24.1 Å². The van der Waals surface area contributed by atoms with Crippen molar-refractivity contribution in [2.24, 2.45) is 0 Å². The largest absolute Gasteiger partial charge is 0.355 e. The van der Waals surface area contributed by atoms with Crippen molar-refractivity contribution < 1.29 is 9.32 Å². The maximum atomic E-state index is 13.3. The quantitative estimate of drug-likeness (QED) is 0.598. The van der Waals surface area contributed by atoms with Crippen LogP contribution in [0.4, 0.5) is 0 Å². The molecule has 1 aliphatic carbocycles. The fourth-order valence-electron chi connectivity index (χ4n) is 4.08. The van der Waals surface area contributed by atoms with Gasteiger partial charge in [0.1, 0.15) is 0 Å². The number of carbonyl (C=O) groups excluding carboxylic acids is 1. The van der Waals surface area contributed by atoms with Crippen LogP contribution in [-0.4, -0.2) is 53.6 Å². The van der Waals surface area contributed by atoms with Crippen LogP contribution in [-0.2, 0) is 10.2 Å². The van der Waals surface area contributed by atoms with Crippen molar-refractivity contribution in [1.82, 2.24) is 15.0 Å². The molecule has 5 rings (SSSR count). The fourth-order valence-corrected chi connectivity index (χ4v) is 4.75. The molecule has 0 N–H and O–H groups in total. The van der Waals surface area contributed by atoms with E-state index in [1.165, 1.54) is 5.56 Å². The minimum atomic E-state index is -0.464. The van der Waals surface area contributed by atoms with Crippen LogP contribution in [0.3, 0.4) is 0 Å². The molecule has 0 bridgehead atoms. The van der Waals surface area contributed by atoms with E-state index >= 15 is 0 Å². The second-order valence-corrected chi connectivity index (χ2v) is 8.99. The van der Waals surface area contributed by atoms with Crippen LogP contribution in [0, 0.1) is 0 Å². The third-order valence-electron chi connectivity index (χ3n) is 6.06. The van der Waals surface area contributed by atoms with E-state index in [0.29, 0.717) is 0 Å². The molecule has 1 aromatic carbocycles. The van der Waals surface area contributed by atoms with Crippen molar-refractivity contribution in [3.05, 3.63) is 71.2 Å². The highest BCUT2D eigenvalue weighted by atomic mass is 32.1. The normalized spacial score (nSPS) is 18.7. The van der Waals surface area contributed by atoms with Gasteiger partial charge in [0, 0.05) is 38.8 Å². The predicted octanol–water partition coefficient (Wildman–Crippen LogP) is 4.29. The van der Waals surface area contributed by atoms with Crippen LogP contribution in [0.25, 0.3) is 16.7 Å². The SMILES string of the molecule is O=C(N1CCN(C/C=C/c2ccccc2)CC1)C1(c2cc(-c3cccs3)on2)CC1. The minimum absolute atomic E-state index is 0.216. The Bertz CT molecular complexity index is 1010. The molecule has 154 valence electrons. The number of nitrogens with zero attached hydrogens (tertiary/aromatic N) is 3. The molecule has 1 aliphatic heterocycles. The third kappa shape index (κ3) is 3.85. The van der Waals surface area contributed by atoms with Crippen LogP contribution in [0.15, 0.2) is 64.5 Å². The zero-order valence-corrected chi connectivity index (χ0v) is 17.7. The topological polar surface area (TPSA) is 49.6 Å². The first-order chi connectivity index (χ1) is 14.7. The number of carbonyl (C=O) groups is 1. The van der Waals surface area contributed by atoms with Gasteiger partial charge in [-0.05, 0) is 29.9 Å². The average Bonchev–Trinajstić information content (AvgIpc) is 3.18. The summed E-state index contributed by atoms with van der Waals surface area (Å²) in [5.74, 6) is 0.974. The molecule has 0 radical (unpaired) electrons. The number of piperazine rings is 1. The summed E-state index contributed by atoms with van der Waals surface area (Å²) in [4.78, 5) is 18.8. The van der Waals surface area contributed by atoms with E-state index in [2.05, 4.69) is 46.5 Å². The first kappa shape index (κ1) is 19.3. The number of rotatable bonds is 6. The van der Waals surface area contributed by atoms with Crippen molar-refractivity contribution in [2.45, 2.75) is 18.3 Å². The summed E-state index contributed by atoms with van der Waals surface area (Å²) in [5.41, 5.74) is 1.55. The molecule has 2 fully saturated rings. The first-order valence-corrected chi connectivity index (χ1v) is 11.4. The second-order valence-electron chi connectivity index (χ2n) is 8.04. The monoisotopic (exact) mass is 419 g/mol. The van der Waals surface area contributed by atoms with Gasteiger partial charge in [-0.1, -0.05) is 53.7 Å². The molecule has 2 aromatic heterocycles. The van der Waals surface area contributed by atoms with E-state index in [1.807, 2.05) is 34.5 Å². The lowest BCUT2D eigenvalue weighted by atomic mass is 9.99. The van der Waals surface area contributed by atoms with E-state index in [0.717, 1.165) is 61.9 Å². The Balaban J connectivity index is 1.17. The highest BCUT2D eigenvalue weighted by Gasteiger charge is 2.55. The maximum Gasteiger partial charge on any atom is 0.235 e. The molecule has 0 unspecified atom stereocenters. The van der Waals surface area contributed by atoms with Crippen molar-refractivity contribution in [2.75, 3.05) is 32.7 Å². The van der Waals surface area contributed by atoms with Gasteiger partial charge >= 0.3 is 0 Å². The lowest BCUT2D eigenvalue weighted by molar-refractivity contribution is -0.135.